The third-order valence-corrected chi connectivity index (χ3v) is 4.23. The number of rotatable bonds is 2. The van der Waals surface area contributed by atoms with E-state index in [9.17, 15) is 9.59 Å². The van der Waals surface area contributed by atoms with Gasteiger partial charge in [0.1, 0.15) is 0 Å². The van der Waals surface area contributed by atoms with Gasteiger partial charge in [-0.15, -0.1) is 0 Å². The maximum Gasteiger partial charge on any atom is 0.232 e. The highest BCUT2D eigenvalue weighted by molar-refractivity contribution is 6.58. The molecule has 0 spiro atoms. The summed E-state index contributed by atoms with van der Waals surface area (Å²) in [6, 6.07) is -0.373. The number of likely N-dealkylation sites (tertiary alicyclic amines) is 1. The maximum atomic E-state index is 12.2. The topological polar surface area (TPSA) is 57.6 Å². The first kappa shape index (κ1) is 8.99. The lowest BCUT2D eigenvalue weighted by atomic mass is 9.82. The number of nitrogens with zero attached hydrogens (tertiary/aromatic N) is 1. The molecule has 2 amide bonds. The molecule has 0 aromatic carbocycles. The lowest BCUT2D eigenvalue weighted by molar-refractivity contribution is -0.129. The molecule has 1 N–H and O–H groups in total. The Labute approximate surface area is 96.2 Å². The molecule has 1 saturated heterocycles. The second-order valence-corrected chi connectivity index (χ2v) is 4.83. The average Bonchev–Trinajstić information content (AvgIpc) is 2.91. The van der Waals surface area contributed by atoms with Gasteiger partial charge in [-0.25, -0.2) is 0 Å². The van der Waals surface area contributed by atoms with Gasteiger partial charge in [-0.3, -0.25) is 14.5 Å². The van der Waals surface area contributed by atoms with E-state index in [2.05, 4.69) is 17.3 Å². The highest BCUT2D eigenvalue weighted by Gasteiger charge is 2.59. The molecule has 1 aliphatic heterocycles. The molecule has 3 rings (SSSR count). The molecular weight excluding hydrogens is 205 g/mol. The summed E-state index contributed by atoms with van der Waals surface area (Å²) >= 11 is 0. The summed E-state index contributed by atoms with van der Waals surface area (Å²) in [6.45, 7) is 0.0485. The number of allylic oxidation sites excluding steroid dienone is 2. The van der Waals surface area contributed by atoms with Crippen molar-refractivity contribution in [2.75, 3.05) is 6.61 Å². The van der Waals surface area contributed by atoms with Crippen molar-refractivity contribution in [3.05, 3.63) is 12.2 Å². The van der Waals surface area contributed by atoms with Crippen LogP contribution in [0.15, 0.2) is 12.2 Å². The van der Waals surface area contributed by atoms with Crippen LogP contribution in [0, 0.1) is 23.7 Å². The summed E-state index contributed by atoms with van der Waals surface area (Å²) in [7, 11) is 5.25. The Morgan fingerprint density at radius 2 is 2.38 bits per heavy atom. The molecule has 1 saturated carbocycles. The van der Waals surface area contributed by atoms with E-state index in [1.807, 2.05) is 0 Å². The van der Waals surface area contributed by atoms with Gasteiger partial charge in [-0.2, -0.15) is 0 Å². The Hall–Kier alpha value is -1.10. The fourth-order valence-electron chi connectivity index (χ4n) is 3.69. The average molecular weight is 219 g/mol. The minimum absolute atomic E-state index is 0.0485. The van der Waals surface area contributed by atoms with Gasteiger partial charge in [0.25, 0.3) is 0 Å². The number of carbonyl (C=O) groups excluding carboxylic acids is 2. The number of imide groups is 1. The van der Waals surface area contributed by atoms with Gasteiger partial charge < -0.3 is 5.11 Å². The van der Waals surface area contributed by atoms with E-state index in [-0.39, 0.29) is 36.3 Å². The number of hydrogen-bond donors (Lipinski definition) is 1. The Morgan fingerprint density at radius 3 is 3.06 bits per heavy atom. The van der Waals surface area contributed by atoms with E-state index in [0.29, 0.717) is 5.92 Å². The van der Waals surface area contributed by atoms with Crippen LogP contribution < -0.4 is 0 Å². The Morgan fingerprint density at radius 1 is 1.62 bits per heavy atom. The molecule has 2 bridgehead atoms. The van der Waals surface area contributed by atoms with Crippen LogP contribution in [0.25, 0.3) is 0 Å². The minimum Gasteiger partial charge on any atom is -0.394 e. The van der Waals surface area contributed by atoms with Crippen LogP contribution in [0.3, 0.4) is 0 Å². The fourth-order valence-corrected chi connectivity index (χ4v) is 3.69. The lowest BCUT2D eigenvalue weighted by Crippen LogP contribution is -2.43. The van der Waals surface area contributed by atoms with Crippen LogP contribution in [0.5, 0.6) is 0 Å². The van der Waals surface area contributed by atoms with E-state index >= 15 is 0 Å². The van der Waals surface area contributed by atoms with E-state index in [1.54, 1.807) is 0 Å². The van der Waals surface area contributed by atoms with Crippen molar-refractivity contribution in [1.82, 2.24) is 4.90 Å². The molecule has 0 aromatic heterocycles. The first-order chi connectivity index (χ1) is 8.15. The summed E-state index contributed by atoms with van der Waals surface area (Å²) in [5.41, 5.74) is 0. The van der Waals surface area contributed by atoms with Crippen LogP contribution in [0.1, 0.15) is 6.42 Å². The van der Waals surface area contributed by atoms with E-state index in [1.165, 1.54) is 0 Å². The number of fused-ring (bicyclic) bond motifs is 5. The van der Waals surface area contributed by atoms with Crippen LogP contribution in [0.2, 0.25) is 0 Å². The molecule has 2 fully saturated rings. The SMILES string of the molecule is [3H]OC[C@@H]1C2C3C=CC(C3)C2C(=O)N1C([B])=O. The second kappa shape index (κ2) is 3.20. The summed E-state index contributed by atoms with van der Waals surface area (Å²) < 4.78 is 6.84. The number of aliphatic hydroxyl groups is 1. The summed E-state index contributed by atoms with van der Waals surface area (Å²) in [6.07, 6.45) is 5.15. The Kier molecular flexibility index (Phi) is 1.80. The predicted molar refractivity (Wildman–Crippen MR) is 56.6 cm³/mol. The van der Waals surface area contributed by atoms with Gasteiger partial charge in [-0.1, -0.05) is 12.2 Å². The van der Waals surface area contributed by atoms with E-state index in [0.717, 1.165) is 11.3 Å². The van der Waals surface area contributed by atoms with Crippen LogP contribution >= 0.6 is 0 Å². The Bertz CT molecular complexity index is 414. The highest BCUT2D eigenvalue weighted by Crippen LogP contribution is 2.54. The van der Waals surface area contributed by atoms with Crippen LogP contribution in [-0.2, 0) is 4.79 Å². The zero-order chi connectivity index (χ0) is 12.2. The van der Waals surface area contributed by atoms with Crippen molar-refractivity contribution in [3.63, 3.8) is 0 Å². The molecule has 16 heavy (non-hydrogen) atoms. The van der Waals surface area contributed by atoms with Crippen LogP contribution in [0.4, 0.5) is 4.79 Å². The molecule has 1 heterocycles. The summed E-state index contributed by atoms with van der Waals surface area (Å²) in [5, 5.41) is 4.39. The zero-order valence-electron chi connectivity index (χ0n) is 9.70. The molecule has 2 radical (unpaired) electrons. The van der Waals surface area contributed by atoms with Gasteiger partial charge in [0.2, 0.25) is 15.2 Å². The second-order valence-electron chi connectivity index (χ2n) is 4.83. The number of hydrogen-bond acceptors (Lipinski definition) is 3. The van der Waals surface area contributed by atoms with Crippen molar-refractivity contribution in [2.24, 2.45) is 23.7 Å². The molecule has 82 valence electrons. The number of carbonyl (C=O) groups is 2. The normalized spacial score (nSPS) is 45.0. The largest absolute Gasteiger partial charge is 0.394 e. The third-order valence-electron chi connectivity index (χ3n) is 4.23. The minimum atomic E-state index is -0.731. The molecule has 5 heteroatoms. The van der Waals surface area contributed by atoms with E-state index < -0.39 is 5.81 Å². The van der Waals surface area contributed by atoms with Crippen molar-refractivity contribution in [2.45, 2.75) is 12.5 Å². The van der Waals surface area contributed by atoms with Crippen molar-refractivity contribution < 1.29 is 14.7 Å². The molecule has 3 aliphatic rings. The van der Waals surface area contributed by atoms with Gasteiger partial charge in [0.15, 0.2) is 5.81 Å². The van der Waals surface area contributed by atoms with Gasteiger partial charge >= 0.3 is 0 Å². The van der Waals surface area contributed by atoms with Crippen molar-refractivity contribution in [1.29, 1.82) is 1.43 Å². The zero-order valence-corrected chi connectivity index (χ0v) is 8.70. The molecule has 2 aliphatic carbocycles. The van der Waals surface area contributed by atoms with Crippen LogP contribution in [-0.4, -0.2) is 43.6 Å². The van der Waals surface area contributed by atoms with Gasteiger partial charge in [0, 0.05) is 5.92 Å². The third kappa shape index (κ3) is 1.04. The van der Waals surface area contributed by atoms with E-state index in [4.69, 9.17) is 9.28 Å². The highest BCUT2D eigenvalue weighted by atomic mass is 16.3. The molecule has 4 nitrogen and oxygen atoms in total. The number of amides is 2. The monoisotopic (exact) mass is 219 g/mol. The first-order valence-electron chi connectivity index (χ1n) is 5.95. The quantitative estimate of drug-likeness (QED) is 0.521. The molecule has 0 aromatic rings. The predicted octanol–water partition coefficient (Wildman–Crippen LogP) is -0.0837. The number of aliphatic hydroxyl groups excluding tert-OH is 1. The smallest absolute Gasteiger partial charge is 0.232 e. The van der Waals surface area contributed by atoms with Gasteiger partial charge in [-0.05, 0) is 18.3 Å². The van der Waals surface area contributed by atoms with Crippen molar-refractivity contribution in [3.8, 4) is 0 Å². The van der Waals surface area contributed by atoms with Gasteiger partial charge in [0.05, 0.1) is 18.6 Å². The standard InChI is InChI=1S/C11H12BNO3/c12-11(16)13-7(4-14)8-5-1-2-6(3-5)9(8)10(13)15/h1-2,5-9,14H,3-4H2/t5?,6?,7-,8?,9?/m1/s1/i14T. The lowest BCUT2D eigenvalue weighted by Gasteiger charge is -2.26. The molecule has 5 atom stereocenters. The molecular formula is C11H12BNO3. The summed E-state index contributed by atoms with van der Waals surface area (Å²) in [4.78, 5) is 24.6. The maximum absolute atomic E-state index is 12.2. The Balaban J connectivity index is 1.96. The summed E-state index contributed by atoms with van der Waals surface area (Å²) in [5.74, 6) is -0.436. The van der Waals surface area contributed by atoms with Crippen molar-refractivity contribution >= 4 is 19.6 Å². The fraction of sp³-hybridized carbons (Fsp3) is 0.636. The molecule has 4 unspecified atom stereocenters. The first-order valence-corrected chi connectivity index (χ1v) is 5.54.